The fourth-order valence-corrected chi connectivity index (χ4v) is 2.31. The van der Waals surface area contributed by atoms with Crippen LogP contribution in [-0.4, -0.2) is 21.0 Å². The van der Waals surface area contributed by atoms with E-state index in [0.717, 1.165) is 11.1 Å². The third kappa shape index (κ3) is 3.02. The maximum Gasteiger partial charge on any atom is 0.365 e. The van der Waals surface area contributed by atoms with Crippen LogP contribution in [0.5, 0.6) is 5.75 Å². The van der Waals surface area contributed by atoms with Gasteiger partial charge in [0.25, 0.3) is 0 Å². The average Bonchev–Trinajstić information content (AvgIpc) is 3.12. The predicted octanol–water partition coefficient (Wildman–Crippen LogP) is 2.59. The van der Waals surface area contributed by atoms with Crippen molar-refractivity contribution in [1.29, 1.82) is 0 Å². The molecule has 0 saturated carbocycles. The number of benzene rings is 2. The molecule has 0 aliphatic rings. The molecule has 0 saturated heterocycles. The Balaban J connectivity index is 1.58. The maximum atomic E-state index is 12.2. The van der Waals surface area contributed by atoms with Crippen molar-refractivity contribution in [2.24, 2.45) is 0 Å². The minimum atomic E-state index is -0.653. The van der Waals surface area contributed by atoms with Crippen LogP contribution >= 0.6 is 0 Å². The van der Waals surface area contributed by atoms with Crippen molar-refractivity contribution in [1.82, 2.24) is 15.0 Å². The van der Waals surface area contributed by atoms with Crippen LogP contribution in [0.15, 0.2) is 76.1 Å². The Bertz CT molecular complexity index is 1120. The van der Waals surface area contributed by atoms with E-state index in [1.165, 1.54) is 23.1 Å². The SMILES string of the molecule is O=C(Oc1ccc2ccc(=O)oc2c1)c1cnn(-c2ccccc2)n1. The standard InChI is InChI=1S/C18H11N3O4/c22-17-9-7-12-6-8-14(10-16(12)25-17)24-18(23)15-11-19-21(20-15)13-4-2-1-3-5-13/h1-11H. The van der Waals surface area contributed by atoms with E-state index < -0.39 is 11.6 Å². The number of para-hydroxylation sites is 1. The van der Waals surface area contributed by atoms with Crippen LogP contribution in [-0.2, 0) is 0 Å². The summed E-state index contributed by atoms with van der Waals surface area (Å²) in [6.07, 6.45) is 1.33. The second-order valence-electron chi connectivity index (χ2n) is 5.20. The fraction of sp³-hybridized carbons (Fsp3) is 0. The molecular formula is C18H11N3O4. The van der Waals surface area contributed by atoms with Gasteiger partial charge in [-0.25, -0.2) is 9.59 Å². The highest BCUT2D eigenvalue weighted by Crippen LogP contribution is 2.20. The molecule has 122 valence electrons. The van der Waals surface area contributed by atoms with Crippen LogP contribution in [0.1, 0.15) is 10.5 Å². The lowest BCUT2D eigenvalue weighted by atomic mass is 10.2. The maximum absolute atomic E-state index is 12.2. The first-order valence-corrected chi connectivity index (χ1v) is 7.43. The molecule has 7 nitrogen and oxygen atoms in total. The summed E-state index contributed by atoms with van der Waals surface area (Å²) in [5.74, 6) is -0.402. The summed E-state index contributed by atoms with van der Waals surface area (Å²) in [4.78, 5) is 24.9. The molecule has 0 unspecified atom stereocenters. The van der Waals surface area contributed by atoms with E-state index in [0.29, 0.717) is 5.58 Å². The third-order valence-electron chi connectivity index (χ3n) is 3.49. The lowest BCUT2D eigenvalue weighted by molar-refractivity contribution is 0.0728. The fourth-order valence-electron chi connectivity index (χ4n) is 2.31. The van der Waals surface area contributed by atoms with Gasteiger partial charge in [-0.1, -0.05) is 18.2 Å². The lowest BCUT2D eigenvalue weighted by Crippen LogP contribution is -2.10. The van der Waals surface area contributed by atoms with Crippen LogP contribution in [0.4, 0.5) is 0 Å². The molecule has 4 aromatic rings. The van der Waals surface area contributed by atoms with E-state index in [2.05, 4.69) is 10.2 Å². The van der Waals surface area contributed by atoms with E-state index in [-0.39, 0.29) is 11.4 Å². The largest absolute Gasteiger partial charge is 0.423 e. The van der Waals surface area contributed by atoms with Crippen molar-refractivity contribution in [3.05, 3.63) is 83.0 Å². The molecule has 4 rings (SSSR count). The van der Waals surface area contributed by atoms with Crippen molar-refractivity contribution in [2.75, 3.05) is 0 Å². The number of carbonyl (C=O) groups is 1. The van der Waals surface area contributed by atoms with E-state index in [1.54, 1.807) is 18.2 Å². The average molecular weight is 333 g/mol. The van der Waals surface area contributed by atoms with Crippen LogP contribution in [0.25, 0.3) is 16.7 Å². The number of fused-ring (bicyclic) bond motifs is 1. The molecule has 0 amide bonds. The Morgan fingerprint density at radius 3 is 2.68 bits per heavy atom. The molecule has 0 aliphatic heterocycles. The first kappa shape index (κ1) is 14.8. The summed E-state index contributed by atoms with van der Waals surface area (Å²) in [6, 6.07) is 17.0. The number of carbonyl (C=O) groups excluding carboxylic acids is 1. The summed E-state index contributed by atoms with van der Waals surface area (Å²) >= 11 is 0. The van der Waals surface area contributed by atoms with Crippen molar-refractivity contribution in [3.8, 4) is 11.4 Å². The molecule has 0 fully saturated rings. The zero-order valence-corrected chi connectivity index (χ0v) is 12.8. The zero-order chi connectivity index (χ0) is 17.2. The van der Waals surface area contributed by atoms with E-state index in [1.807, 2.05) is 30.3 Å². The van der Waals surface area contributed by atoms with E-state index in [9.17, 15) is 9.59 Å². The van der Waals surface area contributed by atoms with Crippen molar-refractivity contribution < 1.29 is 13.9 Å². The number of rotatable bonds is 3. The monoisotopic (exact) mass is 333 g/mol. The number of hydrogen-bond donors (Lipinski definition) is 0. The van der Waals surface area contributed by atoms with Gasteiger partial charge in [-0.15, -0.1) is 5.10 Å². The molecule has 0 spiro atoms. The molecule has 25 heavy (non-hydrogen) atoms. The first-order valence-electron chi connectivity index (χ1n) is 7.43. The van der Waals surface area contributed by atoms with Gasteiger partial charge in [0.05, 0.1) is 11.9 Å². The summed E-state index contributed by atoms with van der Waals surface area (Å²) in [5.41, 5.74) is 0.667. The van der Waals surface area contributed by atoms with Crippen molar-refractivity contribution >= 4 is 16.9 Å². The first-order chi connectivity index (χ1) is 12.2. The molecule has 2 aromatic heterocycles. The Kier molecular flexibility index (Phi) is 3.59. The molecule has 0 bridgehead atoms. The highest BCUT2D eigenvalue weighted by Gasteiger charge is 2.14. The number of hydrogen-bond acceptors (Lipinski definition) is 6. The van der Waals surface area contributed by atoms with Crippen molar-refractivity contribution in [2.45, 2.75) is 0 Å². The van der Waals surface area contributed by atoms with Crippen LogP contribution in [0.2, 0.25) is 0 Å². The number of esters is 1. The Morgan fingerprint density at radius 2 is 1.84 bits per heavy atom. The Hall–Kier alpha value is -3.74. The van der Waals surface area contributed by atoms with Gasteiger partial charge in [0, 0.05) is 17.5 Å². The lowest BCUT2D eigenvalue weighted by Gasteiger charge is -2.03. The van der Waals surface area contributed by atoms with Gasteiger partial charge in [-0.3, -0.25) is 0 Å². The predicted molar refractivity (Wildman–Crippen MR) is 88.8 cm³/mol. The minimum absolute atomic E-state index is 0.0680. The second kappa shape index (κ2) is 6.04. The van der Waals surface area contributed by atoms with Gasteiger partial charge >= 0.3 is 11.6 Å². The second-order valence-corrected chi connectivity index (χ2v) is 5.20. The van der Waals surface area contributed by atoms with Gasteiger partial charge in [0.2, 0.25) is 0 Å². The molecule has 7 heteroatoms. The quantitative estimate of drug-likeness (QED) is 0.325. The van der Waals surface area contributed by atoms with Crippen LogP contribution in [0, 0.1) is 0 Å². The topological polar surface area (TPSA) is 87.2 Å². The van der Waals surface area contributed by atoms with Gasteiger partial charge in [-0.05, 0) is 30.3 Å². The number of nitrogens with zero attached hydrogens (tertiary/aromatic N) is 3. The Morgan fingerprint density at radius 1 is 1.04 bits per heavy atom. The highest BCUT2D eigenvalue weighted by atomic mass is 16.5. The molecule has 2 heterocycles. The Labute approximate surface area is 141 Å². The van der Waals surface area contributed by atoms with Crippen molar-refractivity contribution in [3.63, 3.8) is 0 Å². The van der Waals surface area contributed by atoms with Gasteiger partial charge < -0.3 is 9.15 Å². The van der Waals surface area contributed by atoms with E-state index >= 15 is 0 Å². The van der Waals surface area contributed by atoms with Crippen LogP contribution in [0.3, 0.4) is 0 Å². The number of ether oxygens (including phenoxy) is 1. The summed E-state index contributed by atoms with van der Waals surface area (Å²) < 4.78 is 10.4. The molecule has 0 radical (unpaired) electrons. The smallest absolute Gasteiger partial charge is 0.365 e. The summed E-state index contributed by atoms with van der Waals surface area (Å²) in [5, 5.41) is 8.90. The molecule has 2 aromatic carbocycles. The highest BCUT2D eigenvalue weighted by molar-refractivity contribution is 5.89. The number of aromatic nitrogens is 3. The molecule has 0 N–H and O–H groups in total. The summed E-state index contributed by atoms with van der Waals surface area (Å²) in [7, 11) is 0. The normalized spacial score (nSPS) is 10.7. The van der Waals surface area contributed by atoms with Gasteiger partial charge in [-0.2, -0.15) is 9.90 Å². The molecule has 0 atom stereocenters. The summed E-state index contributed by atoms with van der Waals surface area (Å²) in [6.45, 7) is 0. The van der Waals surface area contributed by atoms with Gasteiger partial charge in [0.1, 0.15) is 11.3 Å². The minimum Gasteiger partial charge on any atom is -0.423 e. The molecule has 0 aliphatic carbocycles. The van der Waals surface area contributed by atoms with Gasteiger partial charge in [0.15, 0.2) is 5.69 Å². The van der Waals surface area contributed by atoms with Crippen LogP contribution < -0.4 is 10.4 Å². The molecular weight excluding hydrogens is 322 g/mol. The van der Waals surface area contributed by atoms with E-state index in [4.69, 9.17) is 9.15 Å². The zero-order valence-electron chi connectivity index (χ0n) is 12.8. The third-order valence-corrected chi connectivity index (χ3v) is 3.49.